The maximum absolute atomic E-state index is 13.1. The lowest BCUT2D eigenvalue weighted by Crippen LogP contribution is -2.41. The standard InChI is InChI=1S/C19H12ClNO4/c20-13-9-7-12(8-10-13)17(22)21-15-5-2-1-4-14(15)19(23)25-18(21)16-6-3-11-24-16/h1-11,18H. The van der Waals surface area contributed by atoms with Gasteiger partial charge in [-0.1, -0.05) is 23.7 Å². The molecule has 2 heterocycles. The Labute approximate surface area is 148 Å². The number of halogens is 1. The van der Waals surface area contributed by atoms with Crippen molar-refractivity contribution in [3.8, 4) is 0 Å². The number of esters is 1. The SMILES string of the molecule is O=C1OC(c2ccco2)N(C(=O)c2ccc(Cl)cc2)c2ccccc21. The van der Waals surface area contributed by atoms with Crippen LogP contribution in [0.25, 0.3) is 0 Å². The first-order valence-corrected chi connectivity index (χ1v) is 7.95. The molecule has 25 heavy (non-hydrogen) atoms. The highest BCUT2D eigenvalue weighted by atomic mass is 35.5. The van der Waals surface area contributed by atoms with Crippen LogP contribution in [0.4, 0.5) is 5.69 Å². The molecular formula is C19H12ClNO4. The zero-order valence-corrected chi connectivity index (χ0v) is 13.6. The summed E-state index contributed by atoms with van der Waals surface area (Å²) in [5, 5.41) is 0.532. The Hall–Kier alpha value is -3.05. The highest BCUT2D eigenvalue weighted by Crippen LogP contribution is 2.38. The molecular weight excluding hydrogens is 342 g/mol. The average molecular weight is 354 g/mol. The Morgan fingerprint density at radius 2 is 1.76 bits per heavy atom. The quantitative estimate of drug-likeness (QED) is 0.639. The van der Waals surface area contributed by atoms with Crippen LogP contribution in [0.1, 0.15) is 32.7 Å². The number of hydrogen-bond acceptors (Lipinski definition) is 4. The number of carbonyl (C=O) groups is 2. The number of hydrogen-bond donors (Lipinski definition) is 0. The van der Waals surface area contributed by atoms with Crippen LogP contribution in [-0.2, 0) is 4.74 Å². The zero-order valence-electron chi connectivity index (χ0n) is 12.9. The second-order valence-electron chi connectivity index (χ2n) is 5.47. The van der Waals surface area contributed by atoms with Crippen molar-refractivity contribution in [3.63, 3.8) is 0 Å². The fraction of sp³-hybridized carbons (Fsp3) is 0.0526. The minimum atomic E-state index is -0.972. The van der Waals surface area contributed by atoms with Gasteiger partial charge in [-0.15, -0.1) is 0 Å². The summed E-state index contributed by atoms with van der Waals surface area (Å²) in [6.07, 6.45) is 0.495. The molecule has 3 aromatic rings. The van der Waals surface area contributed by atoms with Gasteiger partial charge in [-0.05, 0) is 48.5 Å². The Kier molecular flexibility index (Phi) is 3.78. The van der Waals surface area contributed by atoms with Crippen LogP contribution >= 0.6 is 11.6 Å². The lowest BCUT2D eigenvalue weighted by Gasteiger charge is -2.35. The summed E-state index contributed by atoms with van der Waals surface area (Å²) in [6.45, 7) is 0. The number of nitrogens with zero attached hydrogens (tertiary/aromatic N) is 1. The minimum absolute atomic E-state index is 0.321. The molecule has 0 saturated carbocycles. The van der Waals surface area contributed by atoms with Crippen molar-refractivity contribution in [1.29, 1.82) is 0 Å². The molecule has 1 aliphatic rings. The van der Waals surface area contributed by atoms with Crippen molar-refractivity contribution in [2.75, 3.05) is 4.90 Å². The first kappa shape index (κ1) is 15.5. The third kappa shape index (κ3) is 2.68. The van der Waals surface area contributed by atoms with Crippen LogP contribution in [0.3, 0.4) is 0 Å². The Morgan fingerprint density at radius 3 is 2.48 bits per heavy atom. The van der Waals surface area contributed by atoms with Crippen LogP contribution < -0.4 is 4.90 Å². The molecule has 0 aliphatic carbocycles. The van der Waals surface area contributed by atoms with Gasteiger partial charge in [0.25, 0.3) is 5.91 Å². The predicted molar refractivity (Wildman–Crippen MR) is 91.6 cm³/mol. The maximum Gasteiger partial charge on any atom is 0.342 e. The summed E-state index contributed by atoms with van der Waals surface area (Å²) in [6, 6.07) is 16.7. The van der Waals surface area contributed by atoms with Gasteiger partial charge in [0, 0.05) is 10.6 Å². The summed E-state index contributed by atoms with van der Waals surface area (Å²) < 4.78 is 10.9. The summed E-state index contributed by atoms with van der Waals surface area (Å²) in [5.41, 5.74) is 1.22. The number of anilines is 1. The number of fused-ring (bicyclic) bond motifs is 1. The van der Waals surface area contributed by atoms with Gasteiger partial charge < -0.3 is 9.15 Å². The normalized spacial score (nSPS) is 16.3. The molecule has 1 unspecified atom stereocenters. The van der Waals surface area contributed by atoms with Crippen molar-refractivity contribution in [2.45, 2.75) is 6.23 Å². The van der Waals surface area contributed by atoms with E-state index in [4.69, 9.17) is 20.8 Å². The second-order valence-corrected chi connectivity index (χ2v) is 5.91. The summed E-state index contributed by atoms with van der Waals surface area (Å²) >= 11 is 5.90. The molecule has 1 amide bonds. The van der Waals surface area contributed by atoms with E-state index in [0.29, 0.717) is 27.6 Å². The molecule has 0 bridgehead atoms. The lowest BCUT2D eigenvalue weighted by molar-refractivity contribution is 0.0196. The van der Waals surface area contributed by atoms with Crippen LogP contribution in [0.15, 0.2) is 71.3 Å². The van der Waals surface area contributed by atoms with Gasteiger partial charge in [-0.25, -0.2) is 4.79 Å². The van der Waals surface area contributed by atoms with Gasteiger partial charge >= 0.3 is 5.97 Å². The van der Waals surface area contributed by atoms with Crippen LogP contribution in [0, 0.1) is 0 Å². The third-order valence-corrected chi connectivity index (χ3v) is 4.19. The van der Waals surface area contributed by atoms with E-state index in [1.54, 1.807) is 60.7 Å². The zero-order chi connectivity index (χ0) is 17.4. The van der Waals surface area contributed by atoms with E-state index >= 15 is 0 Å². The van der Waals surface area contributed by atoms with E-state index in [-0.39, 0.29) is 5.91 Å². The van der Waals surface area contributed by atoms with E-state index in [1.165, 1.54) is 11.2 Å². The molecule has 6 heteroatoms. The lowest BCUT2D eigenvalue weighted by atomic mass is 10.1. The smallest absolute Gasteiger partial charge is 0.342 e. The number of rotatable bonds is 2. The van der Waals surface area contributed by atoms with Gasteiger partial charge in [0.2, 0.25) is 6.23 Å². The summed E-state index contributed by atoms with van der Waals surface area (Å²) in [7, 11) is 0. The van der Waals surface area contributed by atoms with E-state index in [1.807, 2.05) is 0 Å². The van der Waals surface area contributed by atoms with Gasteiger partial charge in [0.1, 0.15) is 0 Å². The van der Waals surface area contributed by atoms with Crippen molar-refractivity contribution in [2.24, 2.45) is 0 Å². The fourth-order valence-corrected chi connectivity index (χ4v) is 2.89. The number of cyclic esters (lactones) is 1. The van der Waals surface area contributed by atoms with Gasteiger partial charge in [-0.2, -0.15) is 0 Å². The molecule has 0 radical (unpaired) electrons. The number of furan rings is 1. The molecule has 2 aromatic carbocycles. The topological polar surface area (TPSA) is 59.8 Å². The van der Waals surface area contributed by atoms with Gasteiger partial charge in [0.05, 0.1) is 17.5 Å². The van der Waals surface area contributed by atoms with Crippen LogP contribution in [0.5, 0.6) is 0 Å². The van der Waals surface area contributed by atoms with Crippen LogP contribution in [-0.4, -0.2) is 11.9 Å². The van der Waals surface area contributed by atoms with Crippen molar-refractivity contribution >= 4 is 29.2 Å². The molecule has 5 nitrogen and oxygen atoms in total. The van der Waals surface area contributed by atoms with E-state index in [2.05, 4.69) is 0 Å². The fourth-order valence-electron chi connectivity index (χ4n) is 2.76. The maximum atomic E-state index is 13.1. The molecule has 0 spiro atoms. The van der Waals surface area contributed by atoms with Gasteiger partial charge in [-0.3, -0.25) is 9.69 Å². The number of benzene rings is 2. The minimum Gasteiger partial charge on any atom is -0.463 e. The van der Waals surface area contributed by atoms with Crippen molar-refractivity contribution < 1.29 is 18.7 Å². The molecule has 1 atom stereocenters. The summed E-state index contributed by atoms with van der Waals surface area (Å²) in [5.74, 6) is -0.458. The average Bonchev–Trinajstić information content (AvgIpc) is 3.16. The summed E-state index contributed by atoms with van der Waals surface area (Å²) in [4.78, 5) is 26.9. The highest BCUT2D eigenvalue weighted by molar-refractivity contribution is 6.30. The van der Waals surface area contributed by atoms with E-state index < -0.39 is 12.2 Å². The Balaban J connectivity index is 1.85. The van der Waals surface area contributed by atoms with Crippen molar-refractivity contribution in [3.05, 3.63) is 88.8 Å². The molecule has 0 fully saturated rings. The molecule has 4 rings (SSSR count). The van der Waals surface area contributed by atoms with Crippen LogP contribution in [0.2, 0.25) is 5.02 Å². The third-order valence-electron chi connectivity index (χ3n) is 3.93. The van der Waals surface area contributed by atoms with E-state index in [9.17, 15) is 9.59 Å². The number of amides is 1. The number of para-hydroxylation sites is 1. The number of ether oxygens (including phenoxy) is 1. The molecule has 1 aromatic heterocycles. The largest absolute Gasteiger partial charge is 0.463 e. The predicted octanol–water partition coefficient (Wildman–Crippen LogP) is 4.45. The second kappa shape index (κ2) is 6.11. The Morgan fingerprint density at radius 1 is 1.00 bits per heavy atom. The molecule has 1 aliphatic heterocycles. The first-order valence-electron chi connectivity index (χ1n) is 7.58. The van der Waals surface area contributed by atoms with Crippen molar-refractivity contribution in [1.82, 2.24) is 0 Å². The molecule has 0 saturated heterocycles. The first-order chi connectivity index (χ1) is 12.1. The molecule has 0 N–H and O–H groups in total. The number of carbonyl (C=O) groups excluding carboxylic acids is 2. The highest BCUT2D eigenvalue weighted by Gasteiger charge is 2.39. The monoisotopic (exact) mass is 353 g/mol. The Bertz CT molecular complexity index is 934. The van der Waals surface area contributed by atoms with E-state index in [0.717, 1.165) is 0 Å². The van der Waals surface area contributed by atoms with Gasteiger partial charge in [0.15, 0.2) is 5.76 Å². The molecule has 124 valence electrons.